The number of nitrogens with zero attached hydrogens (tertiary/aromatic N) is 1. The van der Waals surface area contributed by atoms with Crippen LogP contribution in [0.25, 0.3) is 10.6 Å². The molecule has 0 saturated heterocycles. The molecule has 25 heavy (non-hydrogen) atoms. The third-order valence-electron chi connectivity index (χ3n) is 3.51. The third kappa shape index (κ3) is 4.90. The lowest BCUT2D eigenvalue weighted by Gasteiger charge is -2.08. The Labute approximate surface area is 151 Å². The van der Waals surface area contributed by atoms with Gasteiger partial charge in [0, 0.05) is 10.9 Å². The van der Waals surface area contributed by atoms with Crippen molar-refractivity contribution in [2.45, 2.75) is 20.5 Å². The largest absolute Gasteiger partial charge is 0.482 e. The lowest BCUT2D eigenvalue weighted by atomic mass is 10.1. The summed E-state index contributed by atoms with van der Waals surface area (Å²) in [6, 6.07) is 15.8. The van der Waals surface area contributed by atoms with Crippen LogP contribution in [0.1, 0.15) is 16.8 Å². The number of rotatable bonds is 6. The van der Waals surface area contributed by atoms with Crippen molar-refractivity contribution in [2.24, 2.45) is 0 Å². The zero-order valence-electron chi connectivity index (χ0n) is 14.2. The number of hydrogen-bond acceptors (Lipinski definition) is 5. The van der Waals surface area contributed by atoms with E-state index in [1.165, 1.54) is 11.3 Å². The smallest absolute Gasteiger partial charge is 0.344 e. The summed E-state index contributed by atoms with van der Waals surface area (Å²) < 4.78 is 10.7. The Morgan fingerprint density at radius 1 is 1.08 bits per heavy atom. The summed E-state index contributed by atoms with van der Waals surface area (Å²) in [4.78, 5) is 16.4. The molecule has 2 aromatic carbocycles. The second-order valence-corrected chi connectivity index (χ2v) is 6.64. The van der Waals surface area contributed by atoms with Gasteiger partial charge >= 0.3 is 5.97 Å². The molecule has 0 aliphatic carbocycles. The first-order valence-electron chi connectivity index (χ1n) is 7.97. The van der Waals surface area contributed by atoms with Gasteiger partial charge < -0.3 is 9.47 Å². The molecule has 0 spiro atoms. The molecule has 0 bridgehead atoms. The maximum Gasteiger partial charge on any atom is 0.344 e. The van der Waals surface area contributed by atoms with Gasteiger partial charge in [0.15, 0.2) is 6.61 Å². The number of esters is 1. The van der Waals surface area contributed by atoms with Crippen LogP contribution < -0.4 is 4.74 Å². The number of benzene rings is 2. The molecule has 4 nitrogen and oxygen atoms in total. The number of ether oxygens (including phenoxy) is 2. The molecule has 0 unspecified atom stereocenters. The average molecular weight is 353 g/mol. The summed E-state index contributed by atoms with van der Waals surface area (Å²) in [5, 5.41) is 2.82. The molecule has 3 rings (SSSR count). The van der Waals surface area contributed by atoms with Crippen LogP contribution >= 0.6 is 11.3 Å². The van der Waals surface area contributed by atoms with Crippen LogP contribution in [0.3, 0.4) is 0 Å². The van der Waals surface area contributed by atoms with Crippen molar-refractivity contribution in [3.05, 3.63) is 70.7 Å². The van der Waals surface area contributed by atoms with E-state index in [2.05, 4.69) is 11.1 Å². The van der Waals surface area contributed by atoms with Crippen molar-refractivity contribution in [2.75, 3.05) is 6.61 Å². The van der Waals surface area contributed by atoms with E-state index in [0.29, 0.717) is 5.75 Å². The second-order valence-electron chi connectivity index (χ2n) is 5.78. The minimum absolute atomic E-state index is 0.113. The molecular formula is C20H19NO3S. The van der Waals surface area contributed by atoms with E-state index >= 15 is 0 Å². The van der Waals surface area contributed by atoms with Crippen LogP contribution in [0.5, 0.6) is 5.75 Å². The lowest BCUT2D eigenvalue weighted by Crippen LogP contribution is -2.15. The van der Waals surface area contributed by atoms with Gasteiger partial charge in [-0.25, -0.2) is 9.78 Å². The molecule has 0 atom stereocenters. The fourth-order valence-corrected chi connectivity index (χ4v) is 3.25. The number of thiazole rings is 1. The van der Waals surface area contributed by atoms with Crippen molar-refractivity contribution >= 4 is 17.3 Å². The van der Waals surface area contributed by atoms with Gasteiger partial charge in [0.1, 0.15) is 17.4 Å². The molecule has 0 aliphatic rings. The summed E-state index contributed by atoms with van der Waals surface area (Å²) in [7, 11) is 0. The van der Waals surface area contributed by atoms with E-state index in [9.17, 15) is 4.79 Å². The van der Waals surface area contributed by atoms with Gasteiger partial charge in [-0.1, -0.05) is 36.4 Å². The van der Waals surface area contributed by atoms with Crippen LogP contribution in [0.4, 0.5) is 0 Å². The molecule has 0 saturated carbocycles. The second kappa shape index (κ2) is 7.94. The van der Waals surface area contributed by atoms with E-state index in [1.54, 1.807) is 0 Å². The topological polar surface area (TPSA) is 48.4 Å². The quantitative estimate of drug-likeness (QED) is 0.610. The molecule has 0 aliphatic heterocycles. The standard InChI is InChI=1S/C20H19NO3S/c1-14-8-15(2)10-18(9-14)23-12-19(22)24-11-17-13-25-20(21-17)16-6-4-3-5-7-16/h3-10,13H,11-12H2,1-2H3. The summed E-state index contributed by atoms with van der Waals surface area (Å²) >= 11 is 1.53. The first kappa shape index (κ1) is 17.2. The Kier molecular flexibility index (Phi) is 5.46. The normalized spacial score (nSPS) is 10.5. The summed E-state index contributed by atoms with van der Waals surface area (Å²) in [5.41, 5.74) is 3.99. The number of aryl methyl sites for hydroxylation is 2. The predicted molar refractivity (Wildman–Crippen MR) is 98.8 cm³/mol. The Morgan fingerprint density at radius 3 is 2.52 bits per heavy atom. The average Bonchev–Trinajstić information content (AvgIpc) is 3.07. The van der Waals surface area contributed by atoms with Gasteiger partial charge in [0.25, 0.3) is 0 Å². The molecule has 0 radical (unpaired) electrons. The molecule has 0 N–H and O–H groups in total. The van der Waals surface area contributed by atoms with Crippen molar-refractivity contribution in [3.63, 3.8) is 0 Å². The van der Waals surface area contributed by atoms with Crippen LogP contribution in [0, 0.1) is 13.8 Å². The lowest BCUT2D eigenvalue weighted by molar-refractivity contribution is -0.147. The first-order valence-corrected chi connectivity index (χ1v) is 8.84. The van der Waals surface area contributed by atoms with Gasteiger partial charge in [-0.2, -0.15) is 0 Å². The highest BCUT2D eigenvalue weighted by Crippen LogP contribution is 2.23. The van der Waals surface area contributed by atoms with Gasteiger partial charge in [-0.05, 0) is 37.1 Å². The minimum Gasteiger partial charge on any atom is -0.482 e. The summed E-state index contributed by atoms with van der Waals surface area (Å²) in [6.07, 6.45) is 0. The first-order chi connectivity index (χ1) is 12.1. The monoisotopic (exact) mass is 353 g/mol. The Bertz CT molecular complexity index is 838. The summed E-state index contributed by atoms with van der Waals surface area (Å²) in [5.74, 6) is 0.267. The van der Waals surface area contributed by atoms with E-state index in [4.69, 9.17) is 9.47 Å². The SMILES string of the molecule is Cc1cc(C)cc(OCC(=O)OCc2csc(-c3ccccc3)n2)c1. The van der Waals surface area contributed by atoms with E-state index < -0.39 is 5.97 Å². The molecule has 1 heterocycles. The maximum atomic E-state index is 11.9. The number of aromatic nitrogens is 1. The van der Waals surface area contributed by atoms with Gasteiger partial charge in [0.2, 0.25) is 0 Å². The highest BCUT2D eigenvalue weighted by atomic mass is 32.1. The third-order valence-corrected chi connectivity index (χ3v) is 4.45. The molecular weight excluding hydrogens is 334 g/mol. The number of carbonyl (C=O) groups is 1. The minimum atomic E-state index is -0.409. The molecule has 5 heteroatoms. The van der Waals surface area contributed by atoms with Crippen LogP contribution in [0.15, 0.2) is 53.9 Å². The zero-order valence-corrected chi connectivity index (χ0v) is 15.0. The van der Waals surface area contributed by atoms with Crippen molar-refractivity contribution in [3.8, 4) is 16.3 Å². The number of carbonyl (C=O) groups excluding carboxylic acids is 1. The molecule has 128 valence electrons. The zero-order chi connectivity index (χ0) is 17.6. The summed E-state index contributed by atoms with van der Waals surface area (Å²) in [6.45, 7) is 4.02. The van der Waals surface area contributed by atoms with Crippen LogP contribution in [-0.2, 0) is 16.1 Å². The van der Waals surface area contributed by atoms with Crippen LogP contribution in [-0.4, -0.2) is 17.6 Å². The highest BCUT2D eigenvalue weighted by Gasteiger charge is 2.09. The maximum absolute atomic E-state index is 11.9. The van der Waals surface area contributed by atoms with Crippen molar-refractivity contribution in [1.29, 1.82) is 0 Å². The molecule has 0 fully saturated rings. The predicted octanol–water partition coefficient (Wildman–Crippen LogP) is 4.55. The van der Waals surface area contributed by atoms with Crippen molar-refractivity contribution in [1.82, 2.24) is 4.98 Å². The molecule has 3 aromatic rings. The van der Waals surface area contributed by atoms with E-state index in [0.717, 1.165) is 27.4 Å². The van der Waals surface area contributed by atoms with Crippen LogP contribution in [0.2, 0.25) is 0 Å². The Morgan fingerprint density at radius 2 is 1.80 bits per heavy atom. The fourth-order valence-electron chi connectivity index (χ4n) is 2.44. The number of hydrogen-bond donors (Lipinski definition) is 0. The van der Waals surface area contributed by atoms with Gasteiger partial charge in [-0.3, -0.25) is 0 Å². The Balaban J connectivity index is 1.50. The van der Waals surface area contributed by atoms with E-state index in [1.807, 2.05) is 61.7 Å². The van der Waals surface area contributed by atoms with Gasteiger partial charge in [-0.15, -0.1) is 11.3 Å². The fraction of sp³-hybridized carbons (Fsp3) is 0.200. The van der Waals surface area contributed by atoms with E-state index in [-0.39, 0.29) is 13.2 Å². The molecule has 0 amide bonds. The highest BCUT2D eigenvalue weighted by molar-refractivity contribution is 7.13. The molecule has 1 aromatic heterocycles. The van der Waals surface area contributed by atoms with Crippen molar-refractivity contribution < 1.29 is 14.3 Å². The van der Waals surface area contributed by atoms with Gasteiger partial charge in [0.05, 0.1) is 5.69 Å². The Hall–Kier alpha value is -2.66.